The minimum Gasteiger partial charge on any atom is -0.493 e. The topological polar surface area (TPSA) is 66.5 Å². The minimum atomic E-state index is -0.146. The number of carbonyl (C=O) groups excluding carboxylic acids is 1. The van der Waals surface area contributed by atoms with Gasteiger partial charge in [-0.15, -0.1) is 0 Å². The van der Waals surface area contributed by atoms with Crippen molar-refractivity contribution < 1.29 is 28.5 Å². The van der Waals surface area contributed by atoms with Crippen molar-refractivity contribution >= 4 is 5.91 Å². The number of rotatable bonds is 6. The summed E-state index contributed by atoms with van der Waals surface area (Å²) >= 11 is 0. The first-order chi connectivity index (χ1) is 14.1. The average Bonchev–Trinajstić information content (AvgIpc) is 3.40. The molecule has 0 bridgehead atoms. The number of nitrogens with zero attached hydrogens (tertiary/aromatic N) is 1. The van der Waals surface area contributed by atoms with Gasteiger partial charge in [0, 0.05) is 48.7 Å². The van der Waals surface area contributed by atoms with Crippen molar-refractivity contribution in [1.29, 1.82) is 0 Å². The second kappa shape index (κ2) is 7.73. The van der Waals surface area contributed by atoms with E-state index in [4.69, 9.17) is 23.7 Å². The summed E-state index contributed by atoms with van der Waals surface area (Å²) in [6.45, 7) is 1.76. The molecule has 0 aromatic heterocycles. The van der Waals surface area contributed by atoms with Gasteiger partial charge in [0.2, 0.25) is 5.75 Å². The van der Waals surface area contributed by atoms with Crippen LogP contribution in [-0.2, 0) is 19.4 Å². The van der Waals surface area contributed by atoms with E-state index in [-0.39, 0.29) is 5.91 Å². The lowest BCUT2D eigenvalue weighted by Gasteiger charge is -2.22. The van der Waals surface area contributed by atoms with Gasteiger partial charge in [0.1, 0.15) is 11.5 Å². The van der Waals surface area contributed by atoms with Crippen LogP contribution in [0.1, 0.15) is 27.0 Å². The monoisotopic (exact) mass is 399 g/mol. The highest BCUT2D eigenvalue weighted by molar-refractivity contribution is 5.95. The lowest BCUT2D eigenvalue weighted by atomic mass is 9.99. The molecule has 0 N–H and O–H groups in total. The Morgan fingerprint density at radius 2 is 1.69 bits per heavy atom. The van der Waals surface area contributed by atoms with E-state index < -0.39 is 0 Å². The quantitative estimate of drug-likeness (QED) is 0.744. The molecule has 29 heavy (non-hydrogen) atoms. The predicted octanol–water partition coefficient (Wildman–Crippen LogP) is 2.85. The molecule has 4 rings (SSSR count). The molecule has 0 saturated carbocycles. The third-order valence-electron chi connectivity index (χ3n) is 5.41. The molecule has 2 aromatic carbocycles. The molecule has 154 valence electrons. The van der Waals surface area contributed by atoms with Crippen LogP contribution in [0.25, 0.3) is 0 Å². The number of fused-ring (bicyclic) bond motifs is 2. The lowest BCUT2D eigenvalue weighted by Crippen LogP contribution is -2.27. The maximum absolute atomic E-state index is 13.2. The molecular formula is C22H25NO6. The van der Waals surface area contributed by atoms with Gasteiger partial charge in [-0.3, -0.25) is 4.79 Å². The summed E-state index contributed by atoms with van der Waals surface area (Å²) in [4.78, 5) is 14.9. The Morgan fingerprint density at radius 1 is 1.00 bits per heavy atom. The molecule has 7 heteroatoms. The highest BCUT2D eigenvalue weighted by Gasteiger charge is 2.28. The molecule has 7 nitrogen and oxygen atoms in total. The van der Waals surface area contributed by atoms with Crippen molar-refractivity contribution in [1.82, 2.24) is 4.90 Å². The maximum Gasteiger partial charge on any atom is 0.254 e. The number of amides is 1. The molecule has 1 amide bonds. The van der Waals surface area contributed by atoms with Crippen LogP contribution in [0, 0.1) is 0 Å². The minimum absolute atomic E-state index is 0.146. The van der Waals surface area contributed by atoms with Gasteiger partial charge in [-0.2, -0.15) is 0 Å². The fourth-order valence-corrected chi connectivity index (χ4v) is 3.99. The molecule has 0 radical (unpaired) electrons. The van der Waals surface area contributed by atoms with E-state index in [1.54, 1.807) is 24.1 Å². The van der Waals surface area contributed by atoms with Gasteiger partial charge in [-0.25, -0.2) is 0 Å². The second-order valence-electron chi connectivity index (χ2n) is 7.09. The summed E-state index contributed by atoms with van der Waals surface area (Å²) in [6.07, 6.45) is 1.69. The van der Waals surface area contributed by atoms with Gasteiger partial charge < -0.3 is 28.6 Å². The van der Waals surface area contributed by atoms with E-state index in [1.165, 1.54) is 21.3 Å². The van der Waals surface area contributed by atoms with E-state index >= 15 is 0 Å². The summed E-state index contributed by atoms with van der Waals surface area (Å²) in [5, 5.41) is 0. The molecule has 0 saturated heterocycles. The predicted molar refractivity (Wildman–Crippen MR) is 107 cm³/mol. The summed E-state index contributed by atoms with van der Waals surface area (Å²) in [6, 6.07) is 5.41. The molecule has 0 atom stereocenters. The Hall–Kier alpha value is -3.09. The van der Waals surface area contributed by atoms with Crippen LogP contribution in [0.3, 0.4) is 0 Å². The number of carbonyl (C=O) groups is 1. The fourth-order valence-electron chi connectivity index (χ4n) is 3.99. The lowest BCUT2D eigenvalue weighted by molar-refractivity contribution is 0.0783. The first kappa shape index (κ1) is 19.2. The van der Waals surface area contributed by atoms with Crippen molar-refractivity contribution in [3.8, 4) is 28.7 Å². The third-order valence-corrected chi connectivity index (χ3v) is 5.41. The van der Waals surface area contributed by atoms with E-state index in [1.807, 2.05) is 0 Å². The summed E-state index contributed by atoms with van der Waals surface area (Å²) < 4.78 is 27.8. The van der Waals surface area contributed by atoms with Crippen LogP contribution in [0.2, 0.25) is 0 Å². The van der Waals surface area contributed by atoms with Crippen molar-refractivity contribution in [2.24, 2.45) is 0 Å². The first-order valence-electron chi connectivity index (χ1n) is 9.56. The number of hydrogen-bond donors (Lipinski definition) is 0. The Labute approximate surface area is 170 Å². The summed E-state index contributed by atoms with van der Waals surface area (Å²) in [5.74, 6) is 3.02. The van der Waals surface area contributed by atoms with Crippen LogP contribution in [0.5, 0.6) is 28.7 Å². The molecule has 0 fully saturated rings. The normalized spacial score (nSPS) is 13.8. The Morgan fingerprint density at radius 3 is 2.34 bits per heavy atom. The van der Waals surface area contributed by atoms with Crippen LogP contribution >= 0.6 is 0 Å². The molecule has 2 aromatic rings. The van der Waals surface area contributed by atoms with E-state index in [0.29, 0.717) is 42.6 Å². The number of ether oxygens (including phenoxy) is 5. The van der Waals surface area contributed by atoms with Gasteiger partial charge in [-0.1, -0.05) is 0 Å². The van der Waals surface area contributed by atoms with Gasteiger partial charge >= 0.3 is 0 Å². The molecule has 2 aliphatic rings. The second-order valence-corrected chi connectivity index (χ2v) is 7.09. The zero-order valence-electron chi connectivity index (χ0n) is 17.2. The number of methoxy groups -OCH3 is 3. The average molecular weight is 399 g/mol. The maximum atomic E-state index is 13.2. The highest BCUT2D eigenvalue weighted by Crippen LogP contribution is 2.42. The zero-order valence-corrected chi connectivity index (χ0v) is 17.2. The summed E-state index contributed by atoms with van der Waals surface area (Å²) in [5.41, 5.74) is 3.78. The largest absolute Gasteiger partial charge is 0.493 e. The molecular weight excluding hydrogens is 374 g/mol. The van der Waals surface area contributed by atoms with Gasteiger partial charge in [0.15, 0.2) is 11.5 Å². The van der Waals surface area contributed by atoms with E-state index in [9.17, 15) is 4.79 Å². The molecule has 0 spiro atoms. The molecule has 0 unspecified atom stereocenters. The van der Waals surface area contributed by atoms with Crippen LogP contribution in [-0.4, -0.2) is 52.4 Å². The van der Waals surface area contributed by atoms with Gasteiger partial charge in [-0.05, 0) is 18.2 Å². The summed E-state index contributed by atoms with van der Waals surface area (Å²) in [7, 11) is 6.38. The van der Waals surface area contributed by atoms with Crippen molar-refractivity contribution in [2.45, 2.75) is 19.4 Å². The molecule has 0 aliphatic carbocycles. The van der Waals surface area contributed by atoms with Crippen molar-refractivity contribution in [3.05, 3.63) is 40.5 Å². The van der Waals surface area contributed by atoms with Gasteiger partial charge in [0.05, 0.1) is 34.5 Å². The van der Waals surface area contributed by atoms with E-state index in [0.717, 1.165) is 41.0 Å². The van der Waals surface area contributed by atoms with E-state index in [2.05, 4.69) is 6.07 Å². The van der Waals surface area contributed by atoms with Crippen molar-refractivity contribution in [3.63, 3.8) is 0 Å². The van der Waals surface area contributed by atoms with Crippen molar-refractivity contribution in [2.75, 3.05) is 41.6 Å². The zero-order chi connectivity index (χ0) is 20.5. The number of benzene rings is 2. The smallest absolute Gasteiger partial charge is 0.254 e. The highest BCUT2D eigenvalue weighted by atomic mass is 16.5. The Bertz CT molecular complexity index is 898. The van der Waals surface area contributed by atoms with Crippen LogP contribution in [0.4, 0.5) is 0 Å². The Kier molecular flexibility index (Phi) is 5.13. The Balaban J connectivity index is 1.65. The number of hydrogen-bond acceptors (Lipinski definition) is 6. The standard InChI is InChI=1S/C22H25NO6/c1-23(22(24)14-10-18(25-2)21(27-4)19(11-14)26-3)12-16-15-6-8-28-17(15)9-13-5-7-29-20(13)16/h9-11H,5-8,12H2,1-4H3. The molecule has 2 aliphatic heterocycles. The van der Waals surface area contributed by atoms with Crippen LogP contribution in [0.15, 0.2) is 18.2 Å². The fraction of sp³-hybridized carbons (Fsp3) is 0.409. The SMILES string of the molecule is COc1cc(C(=O)N(C)Cc2c3c(cc4c2OCC4)OCC3)cc(OC)c1OC. The first-order valence-corrected chi connectivity index (χ1v) is 9.56. The molecule has 2 heterocycles. The van der Waals surface area contributed by atoms with Gasteiger partial charge in [0.25, 0.3) is 5.91 Å². The third kappa shape index (κ3) is 3.30. The van der Waals surface area contributed by atoms with Crippen LogP contribution < -0.4 is 23.7 Å².